The summed E-state index contributed by atoms with van der Waals surface area (Å²) >= 11 is 4.54. The van der Waals surface area contributed by atoms with E-state index in [4.69, 9.17) is 0 Å². The fourth-order valence-corrected chi connectivity index (χ4v) is 4.31. The maximum Gasteiger partial charge on any atom is 0.234 e. The van der Waals surface area contributed by atoms with E-state index < -0.39 is 5.82 Å². The Balaban J connectivity index is 1.68. The first-order valence-corrected chi connectivity index (χ1v) is 11.8. The maximum absolute atomic E-state index is 13.9. The highest BCUT2D eigenvalue weighted by Gasteiger charge is 2.17. The number of nitrogens with one attached hydrogen (secondary N) is 1. The molecular formula is C26H17BrFN3OS. The van der Waals surface area contributed by atoms with Gasteiger partial charge in [-0.25, -0.2) is 9.37 Å². The van der Waals surface area contributed by atoms with Crippen molar-refractivity contribution in [2.24, 2.45) is 0 Å². The second-order valence-corrected chi connectivity index (χ2v) is 8.95. The lowest BCUT2D eigenvalue weighted by Crippen LogP contribution is -2.14. The minimum absolute atomic E-state index is 0.0680. The van der Waals surface area contributed by atoms with Crippen LogP contribution in [0.4, 0.5) is 10.1 Å². The first-order valence-electron chi connectivity index (χ1n) is 9.98. The van der Waals surface area contributed by atoms with Crippen molar-refractivity contribution in [3.63, 3.8) is 0 Å². The molecular weight excluding hydrogens is 501 g/mol. The quantitative estimate of drug-likeness (QED) is 0.282. The van der Waals surface area contributed by atoms with Gasteiger partial charge >= 0.3 is 0 Å². The number of amides is 1. The molecule has 4 aromatic rings. The van der Waals surface area contributed by atoms with Gasteiger partial charge < -0.3 is 5.32 Å². The molecule has 0 aliphatic rings. The van der Waals surface area contributed by atoms with E-state index in [1.54, 1.807) is 30.3 Å². The Morgan fingerprint density at radius 1 is 1.00 bits per heavy atom. The van der Waals surface area contributed by atoms with Gasteiger partial charge in [-0.1, -0.05) is 70.2 Å². The number of halogens is 2. The fourth-order valence-electron chi connectivity index (χ4n) is 3.24. The summed E-state index contributed by atoms with van der Waals surface area (Å²) in [4.78, 5) is 17.2. The van der Waals surface area contributed by atoms with Gasteiger partial charge in [0, 0.05) is 21.3 Å². The average molecular weight is 518 g/mol. The highest BCUT2D eigenvalue weighted by Crippen LogP contribution is 2.34. The zero-order valence-electron chi connectivity index (χ0n) is 17.3. The SMILES string of the molecule is N#Cc1c(-c2cccc(F)c2)cc(-c2ccccc2)nc1SCC(=O)Nc1ccc(Br)cc1. The molecule has 4 nitrogen and oxygen atoms in total. The number of rotatable bonds is 6. The Kier molecular flexibility index (Phi) is 7.18. The van der Waals surface area contributed by atoms with Gasteiger partial charge in [0.05, 0.1) is 17.0 Å². The number of anilines is 1. The third kappa shape index (κ3) is 5.67. The largest absolute Gasteiger partial charge is 0.325 e. The van der Waals surface area contributed by atoms with Crippen LogP contribution in [-0.2, 0) is 4.79 Å². The molecule has 162 valence electrons. The number of benzene rings is 3. The zero-order valence-corrected chi connectivity index (χ0v) is 19.7. The third-order valence-corrected chi connectivity index (χ3v) is 6.28. The van der Waals surface area contributed by atoms with E-state index in [0.29, 0.717) is 33.1 Å². The number of aromatic nitrogens is 1. The number of nitriles is 1. The smallest absolute Gasteiger partial charge is 0.234 e. The third-order valence-electron chi connectivity index (χ3n) is 4.77. The van der Waals surface area contributed by atoms with E-state index in [2.05, 4.69) is 32.3 Å². The van der Waals surface area contributed by atoms with Gasteiger partial charge in [-0.3, -0.25) is 4.79 Å². The molecule has 0 saturated heterocycles. The Labute approximate surface area is 203 Å². The lowest BCUT2D eigenvalue weighted by atomic mass is 9.99. The number of carbonyl (C=O) groups excluding carboxylic acids is 1. The van der Waals surface area contributed by atoms with E-state index in [0.717, 1.165) is 10.0 Å². The maximum atomic E-state index is 13.9. The number of pyridine rings is 1. The molecule has 0 spiro atoms. The molecule has 0 bridgehead atoms. The average Bonchev–Trinajstić information content (AvgIpc) is 2.84. The Morgan fingerprint density at radius 3 is 2.42 bits per heavy atom. The predicted molar refractivity (Wildman–Crippen MR) is 133 cm³/mol. The van der Waals surface area contributed by atoms with Crippen LogP contribution in [0.15, 0.2) is 94.4 Å². The van der Waals surface area contributed by atoms with Gasteiger partial charge in [0.15, 0.2) is 0 Å². The Bertz CT molecular complexity index is 1340. The highest BCUT2D eigenvalue weighted by molar-refractivity contribution is 9.10. The fraction of sp³-hybridized carbons (Fsp3) is 0.0385. The van der Waals surface area contributed by atoms with E-state index in [-0.39, 0.29) is 11.7 Å². The molecule has 7 heteroatoms. The van der Waals surface area contributed by atoms with Gasteiger partial charge in [0.25, 0.3) is 0 Å². The molecule has 0 atom stereocenters. The summed E-state index contributed by atoms with van der Waals surface area (Å²) in [6.45, 7) is 0. The summed E-state index contributed by atoms with van der Waals surface area (Å²) < 4.78 is 14.9. The van der Waals surface area contributed by atoms with Crippen LogP contribution >= 0.6 is 27.7 Å². The van der Waals surface area contributed by atoms with Gasteiger partial charge in [0.1, 0.15) is 16.9 Å². The molecule has 33 heavy (non-hydrogen) atoms. The topological polar surface area (TPSA) is 65.8 Å². The summed E-state index contributed by atoms with van der Waals surface area (Å²) in [5.74, 6) is -0.540. The molecule has 4 rings (SSSR count). The number of carbonyl (C=O) groups is 1. The van der Waals surface area contributed by atoms with Gasteiger partial charge in [-0.15, -0.1) is 0 Å². The molecule has 0 fully saturated rings. The van der Waals surface area contributed by atoms with Crippen molar-refractivity contribution in [2.75, 3.05) is 11.1 Å². The van der Waals surface area contributed by atoms with Crippen molar-refractivity contribution in [3.05, 3.63) is 101 Å². The number of hydrogen-bond donors (Lipinski definition) is 1. The summed E-state index contributed by atoms with van der Waals surface area (Å²) in [6, 6.07) is 26.9. The highest BCUT2D eigenvalue weighted by atomic mass is 79.9. The summed E-state index contributed by atoms with van der Waals surface area (Å²) in [5, 5.41) is 13.2. The monoisotopic (exact) mass is 517 g/mol. The van der Waals surface area contributed by atoms with Crippen LogP contribution in [0.25, 0.3) is 22.4 Å². The number of thioether (sulfide) groups is 1. The van der Waals surface area contributed by atoms with Crippen molar-refractivity contribution in [1.82, 2.24) is 4.98 Å². The van der Waals surface area contributed by atoms with Crippen molar-refractivity contribution in [3.8, 4) is 28.5 Å². The second kappa shape index (κ2) is 10.4. The van der Waals surface area contributed by atoms with Crippen molar-refractivity contribution < 1.29 is 9.18 Å². The number of hydrogen-bond acceptors (Lipinski definition) is 4. The van der Waals surface area contributed by atoms with Crippen LogP contribution < -0.4 is 5.32 Å². The molecule has 0 radical (unpaired) electrons. The first-order chi connectivity index (χ1) is 16.0. The summed E-state index contributed by atoms with van der Waals surface area (Å²) in [5.41, 5.74) is 3.64. The molecule has 0 aliphatic carbocycles. The van der Waals surface area contributed by atoms with Crippen molar-refractivity contribution >= 4 is 39.3 Å². The Morgan fingerprint density at radius 2 is 1.73 bits per heavy atom. The molecule has 1 amide bonds. The van der Waals surface area contributed by atoms with Crippen LogP contribution in [0, 0.1) is 17.1 Å². The molecule has 0 unspecified atom stereocenters. The van der Waals surface area contributed by atoms with E-state index >= 15 is 0 Å². The van der Waals surface area contributed by atoms with Crippen LogP contribution in [-0.4, -0.2) is 16.6 Å². The second-order valence-electron chi connectivity index (χ2n) is 7.07. The molecule has 1 N–H and O–H groups in total. The normalized spacial score (nSPS) is 10.5. The summed E-state index contributed by atoms with van der Waals surface area (Å²) in [6.07, 6.45) is 0. The zero-order chi connectivity index (χ0) is 23.2. The van der Waals surface area contributed by atoms with Crippen LogP contribution in [0.2, 0.25) is 0 Å². The lowest BCUT2D eigenvalue weighted by Gasteiger charge is -2.13. The minimum atomic E-state index is -0.391. The molecule has 1 aromatic heterocycles. The van der Waals surface area contributed by atoms with E-state index in [9.17, 15) is 14.4 Å². The molecule has 1 heterocycles. The van der Waals surface area contributed by atoms with Gasteiger partial charge in [0.2, 0.25) is 5.91 Å². The van der Waals surface area contributed by atoms with Crippen molar-refractivity contribution in [1.29, 1.82) is 5.26 Å². The van der Waals surface area contributed by atoms with Crippen LogP contribution in [0.3, 0.4) is 0 Å². The standard InChI is InChI=1S/C26H17BrFN3OS/c27-19-9-11-21(12-10-19)30-25(32)16-33-26-23(15-29)22(18-7-4-8-20(28)13-18)14-24(31-26)17-5-2-1-3-6-17/h1-14H,16H2,(H,30,32). The van der Waals surface area contributed by atoms with E-state index in [1.165, 1.54) is 23.9 Å². The molecule has 0 saturated carbocycles. The van der Waals surface area contributed by atoms with E-state index in [1.807, 2.05) is 42.5 Å². The van der Waals surface area contributed by atoms with Gasteiger partial charge in [-0.05, 0) is 48.0 Å². The minimum Gasteiger partial charge on any atom is -0.325 e. The molecule has 3 aromatic carbocycles. The lowest BCUT2D eigenvalue weighted by molar-refractivity contribution is -0.113. The van der Waals surface area contributed by atoms with Crippen LogP contribution in [0.5, 0.6) is 0 Å². The Hall–Kier alpha value is -3.47. The number of nitrogens with zero attached hydrogens (tertiary/aromatic N) is 2. The van der Waals surface area contributed by atoms with Gasteiger partial charge in [-0.2, -0.15) is 5.26 Å². The summed E-state index contributed by atoms with van der Waals surface area (Å²) in [7, 11) is 0. The van der Waals surface area contributed by atoms with Crippen LogP contribution in [0.1, 0.15) is 5.56 Å². The first kappa shape index (κ1) is 22.7. The predicted octanol–water partition coefficient (Wildman–Crippen LogP) is 6.92. The molecule has 0 aliphatic heterocycles. The van der Waals surface area contributed by atoms with Crippen molar-refractivity contribution in [2.45, 2.75) is 5.03 Å².